The van der Waals surface area contributed by atoms with E-state index in [4.69, 9.17) is 16.3 Å². The number of hydrogen-bond donors (Lipinski definition) is 1. The van der Waals surface area contributed by atoms with Gasteiger partial charge in [0, 0.05) is 31.7 Å². The lowest BCUT2D eigenvalue weighted by molar-refractivity contribution is -0.130. The van der Waals surface area contributed by atoms with Crippen molar-refractivity contribution in [2.24, 2.45) is 5.92 Å². The van der Waals surface area contributed by atoms with Gasteiger partial charge in [-0.1, -0.05) is 0 Å². The highest BCUT2D eigenvalue weighted by Crippen LogP contribution is 2.36. The molecule has 1 amide bonds. The number of nitrogens with one attached hydrogen (secondary N) is 1. The van der Waals surface area contributed by atoms with Crippen molar-refractivity contribution in [3.05, 3.63) is 0 Å². The van der Waals surface area contributed by atoms with Gasteiger partial charge in [0.2, 0.25) is 11.8 Å². The second kappa shape index (κ2) is 6.50. The Kier molecular flexibility index (Phi) is 5.59. The van der Waals surface area contributed by atoms with Crippen LogP contribution in [0.3, 0.4) is 0 Å². The monoisotopic (exact) mass is 269 g/mol. The third-order valence-corrected chi connectivity index (χ3v) is 3.36. The van der Waals surface area contributed by atoms with Crippen molar-refractivity contribution in [3.63, 3.8) is 0 Å². The van der Waals surface area contributed by atoms with Crippen LogP contribution >= 0.6 is 11.6 Å². The van der Waals surface area contributed by atoms with Gasteiger partial charge in [-0.05, 0) is 12.8 Å². The van der Waals surface area contributed by atoms with Crippen molar-refractivity contribution < 1.29 is 18.3 Å². The van der Waals surface area contributed by atoms with Gasteiger partial charge in [0.1, 0.15) is 0 Å². The Morgan fingerprint density at radius 1 is 1.53 bits per heavy atom. The predicted molar refractivity (Wildman–Crippen MR) is 61.4 cm³/mol. The van der Waals surface area contributed by atoms with E-state index in [1.807, 2.05) is 0 Å². The smallest absolute Gasteiger partial charge is 0.248 e. The Morgan fingerprint density at radius 2 is 2.12 bits per heavy atom. The Bertz CT molecular complexity index is 254. The van der Waals surface area contributed by atoms with Crippen LogP contribution in [0.2, 0.25) is 0 Å². The van der Waals surface area contributed by atoms with E-state index >= 15 is 0 Å². The first-order chi connectivity index (χ1) is 7.98. The predicted octanol–water partition coefficient (Wildman–Crippen LogP) is 2.18. The average molecular weight is 270 g/mol. The molecule has 0 saturated heterocycles. The number of carbonyl (C=O) groups is 1. The first-order valence-electron chi connectivity index (χ1n) is 5.71. The topological polar surface area (TPSA) is 38.3 Å². The SMILES string of the molecule is COCC(CCl)NC(=O)C1CCC(F)(F)CC1. The summed E-state index contributed by atoms with van der Waals surface area (Å²) in [5, 5.41) is 2.72. The number of amides is 1. The van der Waals surface area contributed by atoms with Gasteiger partial charge in [0.15, 0.2) is 0 Å². The van der Waals surface area contributed by atoms with Crippen LogP contribution in [0.5, 0.6) is 0 Å². The summed E-state index contributed by atoms with van der Waals surface area (Å²) in [6.45, 7) is 0.331. The summed E-state index contributed by atoms with van der Waals surface area (Å²) >= 11 is 5.66. The second-order valence-corrected chi connectivity index (χ2v) is 4.75. The van der Waals surface area contributed by atoms with Crippen molar-refractivity contribution in [1.82, 2.24) is 5.32 Å². The molecule has 17 heavy (non-hydrogen) atoms. The number of hydrogen-bond acceptors (Lipinski definition) is 2. The molecule has 0 aliphatic heterocycles. The zero-order valence-electron chi connectivity index (χ0n) is 9.85. The van der Waals surface area contributed by atoms with Gasteiger partial charge < -0.3 is 10.1 Å². The molecule has 100 valence electrons. The van der Waals surface area contributed by atoms with Crippen LogP contribution in [0.1, 0.15) is 25.7 Å². The fourth-order valence-electron chi connectivity index (χ4n) is 1.95. The highest BCUT2D eigenvalue weighted by atomic mass is 35.5. The number of halogens is 3. The first kappa shape index (κ1) is 14.6. The third-order valence-electron chi connectivity index (χ3n) is 2.99. The summed E-state index contributed by atoms with van der Waals surface area (Å²) < 4.78 is 30.7. The van der Waals surface area contributed by atoms with E-state index in [9.17, 15) is 13.6 Å². The maximum atomic E-state index is 12.9. The molecule has 0 radical (unpaired) electrons. The maximum Gasteiger partial charge on any atom is 0.248 e. The van der Waals surface area contributed by atoms with E-state index in [0.717, 1.165) is 0 Å². The van der Waals surface area contributed by atoms with E-state index in [0.29, 0.717) is 6.61 Å². The van der Waals surface area contributed by atoms with Crippen LogP contribution in [0.25, 0.3) is 0 Å². The van der Waals surface area contributed by atoms with Crippen LogP contribution in [0, 0.1) is 5.92 Å². The largest absolute Gasteiger partial charge is 0.383 e. The zero-order valence-corrected chi connectivity index (χ0v) is 10.6. The summed E-state index contributed by atoms with van der Waals surface area (Å²) in [6, 6.07) is -0.253. The molecule has 0 aromatic heterocycles. The van der Waals surface area contributed by atoms with E-state index in [1.165, 1.54) is 7.11 Å². The molecule has 1 aliphatic carbocycles. The van der Waals surface area contributed by atoms with Gasteiger partial charge in [-0.15, -0.1) is 11.6 Å². The Labute approximate surface area is 105 Å². The van der Waals surface area contributed by atoms with Crippen LogP contribution in [0.4, 0.5) is 8.78 Å². The minimum atomic E-state index is -2.60. The van der Waals surface area contributed by atoms with Gasteiger partial charge in [-0.2, -0.15) is 0 Å². The number of carbonyl (C=O) groups excluding carboxylic acids is 1. The fourth-order valence-corrected chi connectivity index (χ4v) is 2.11. The summed E-state index contributed by atoms with van der Waals surface area (Å²) in [5.74, 6) is -2.86. The Morgan fingerprint density at radius 3 is 2.59 bits per heavy atom. The molecule has 1 atom stereocenters. The quantitative estimate of drug-likeness (QED) is 0.777. The molecule has 1 rings (SSSR count). The summed E-state index contributed by atoms with van der Waals surface area (Å²) in [7, 11) is 1.52. The molecule has 0 heterocycles. The minimum Gasteiger partial charge on any atom is -0.383 e. The van der Waals surface area contributed by atoms with Crippen LogP contribution < -0.4 is 5.32 Å². The number of methoxy groups -OCH3 is 1. The molecule has 3 nitrogen and oxygen atoms in total. The maximum absolute atomic E-state index is 12.9. The van der Waals surface area contributed by atoms with Crippen molar-refractivity contribution in [1.29, 1.82) is 0 Å². The standard InChI is InChI=1S/C11H18ClF2NO2/c1-17-7-9(6-12)15-10(16)8-2-4-11(13,14)5-3-8/h8-9H,2-7H2,1H3,(H,15,16). The number of rotatable bonds is 5. The van der Waals surface area contributed by atoms with Crippen LogP contribution in [0.15, 0.2) is 0 Å². The Hall–Kier alpha value is -0.420. The van der Waals surface area contributed by atoms with Crippen molar-refractivity contribution in [2.75, 3.05) is 19.6 Å². The molecule has 1 fully saturated rings. The molecule has 0 aromatic rings. The molecule has 1 unspecified atom stereocenters. The lowest BCUT2D eigenvalue weighted by Crippen LogP contribution is -2.44. The van der Waals surface area contributed by atoms with E-state index in [-0.39, 0.29) is 49.4 Å². The number of alkyl halides is 3. The second-order valence-electron chi connectivity index (χ2n) is 4.45. The minimum absolute atomic E-state index is 0.191. The third kappa shape index (κ3) is 4.76. The van der Waals surface area contributed by atoms with Crippen LogP contribution in [-0.4, -0.2) is 37.5 Å². The average Bonchev–Trinajstić information content (AvgIpc) is 2.28. The number of ether oxygens (including phenoxy) is 1. The molecule has 0 bridgehead atoms. The van der Waals surface area contributed by atoms with Crippen LogP contribution in [-0.2, 0) is 9.53 Å². The first-order valence-corrected chi connectivity index (χ1v) is 6.25. The summed E-state index contributed by atoms with van der Waals surface area (Å²) in [6.07, 6.45) is 0.0590. The molecule has 0 spiro atoms. The molecule has 6 heteroatoms. The van der Waals surface area contributed by atoms with Gasteiger partial charge in [-0.25, -0.2) is 8.78 Å². The highest BCUT2D eigenvalue weighted by Gasteiger charge is 2.37. The van der Waals surface area contributed by atoms with Gasteiger partial charge in [0.05, 0.1) is 12.6 Å². The summed E-state index contributed by atoms with van der Waals surface area (Å²) in [4.78, 5) is 11.8. The van der Waals surface area contributed by atoms with Gasteiger partial charge >= 0.3 is 0 Å². The molecule has 1 aliphatic rings. The van der Waals surface area contributed by atoms with Gasteiger partial charge in [0.25, 0.3) is 0 Å². The molecular weight excluding hydrogens is 252 g/mol. The summed E-state index contributed by atoms with van der Waals surface area (Å²) in [5.41, 5.74) is 0. The normalized spacial score (nSPS) is 22.1. The van der Waals surface area contributed by atoms with E-state index in [2.05, 4.69) is 5.32 Å². The van der Waals surface area contributed by atoms with E-state index in [1.54, 1.807) is 0 Å². The van der Waals surface area contributed by atoms with Crippen molar-refractivity contribution >= 4 is 17.5 Å². The fraction of sp³-hybridized carbons (Fsp3) is 0.909. The van der Waals surface area contributed by atoms with Gasteiger partial charge in [-0.3, -0.25) is 4.79 Å². The van der Waals surface area contributed by atoms with Crippen molar-refractivity contribution in [2.45, 2.75) is 37.6 Å². The molecule has 0 aromatic carbocycles. The zero-order chi connectivity index (χ0) is 12.9. The lowest BCUT2D eigenvalue weighted by Gasteiger charge is -2.28. The van der Waals surface area contributed by atoms with E-state index < -0.39 is 5.92 Å². The van der Waals surface area contributed by atoms with Crippen molar-refractivity contribution in [3.8, 4) is 0 Å². The Balaban J connectivity index is 2.38. The lowest BCUT2D eigenvalue weighted by atomic mass is 9.86. The molecule has 1 saturated carbocycles. The molecule has 1 N–H and O–H groups in total. The highest BCUT2D eigenvalue weighted by molar-refractivity contribution is 6.18. The molecular formula is C11H18ClF2NO2.